The highest BCUT2D eigenvalue weighted by Gasteiger charge is 2.44. The Bertz CT molecular complexity index is 387. The summed E-state index contributed by atoms with van der Waals surface area (Å²) in [7, 11) is 0. The molecule has 0 spiro atoms. The Morgan fingerprint density at radius 1 is 1.28 bits per heavy atom. The molecule has 3 N–H and O–H groups in total. The summed E-state index contributed by atoms with van der Waals surface area (Å²) in [5.74, 6) is -0.413. The number of alkyl halides is 4. The summed E-state index contributed by atoms with van der Waals surface area (Å²) in [6.45, 7) is -0.249. The van der Waals surface area contributed by atoms with E-state index in [0.717, 1.165) is 6.07 Å². The second kappa shape index (κ2) is 6.01. The van der Waals surface area contributed by atoms with Gasteiger partial charge in [0.25, 0.3) is 0 Å². The summed E-state index contributed by atoms with van der Waals surface area (Å²) in [6.07, 6.45) is -8.39. The summed E-state index contributed by atoms with van der Waals surface area (Å²) in [4.78, 5) is 0. The molecule has 0 fully saturated rings. The molecular weight excluding hydrogens is 254 g/mol. The molecule has 3 nitrogen and oxygen atoms in total. The van der Waals surface area contributed by atoms with Crippen LogP contribution < -0.4 is 10.5 Å². The lowest BCUT2D eigenvalue weighted by atomic mass is 10.0. The number of halogens is 4. The minimum atomic E-state index is -4.57. The monoisotopic (exact) mass is 267 g/mol. The standard InChI is InChI=1S/C11H13F4NO2/c12-10(13)11(14,15)18-9-4-2-1-3-7(9)8(16)5-6-17/h1-4,8,10,17H,5-6,16H2/t8-/m1/s1. The van der Waals surface area contributed by atoms with Crippen molar-refractivity contribution < 1.29 is 27.4 Å². The predicted octanol–water partition coefficient (Wildman–Crippen LogP) is 2.31. The van der Waals surface area contributed by atoms with Gasteiger partial charge in [0, 0.05) is 18.2 Å². The Balaban J connectivity index is 2.95. The molecule has 1 aromatic rings. The minimum absolute atomic E-state index is 0.112. The summed E-state index contributed by atoms with van der Waals surface area (Å²) in [5, 5.41) is 8.72. The molecule has 102 valence electrons. The Kier molecular flexibility index (Phi) is 4.92. The third kappa shape index (κ3) is 3.58. The second-order valence-corrected chi connectivity index (χ2v) is 3.62. The van der Waals surface area contributed by atoms with Gasteiger partial charge in [0.1, 0.15) is 5.75 Å². The molecule has 0 aliphatic carbocycles. The molecule has 7 heteroatoms. The van der Waals surface area contributed by atoms with E-state index in [0.29, 0.717) is 0 Å². The molecule has 0 amide bonds. The van der Waals surface area contributed by atoms with Crippen molar-refractivity contribution >= 4 is 0 Å². The van der Waals surface area contributed by atoms with Gasteiger partial charge in [0.2, 0.25) is 0 Å². The van der Waals surface area contributed by atoms with E-state index in [9.17, 15) is 17.6 Å². The predicted molar refractivity (Wildman–Crippen MR) is 56.7 cm³/mol. The zero-order valence-corrected chi connectivity index (χ0v) is 9.32. The van der Waals surface area contributed by atoms with Crippen LogP contribution in [0.4, 0.5) is 17.6 Å². The molecule has 0 heterocycles. The normalized spacial score (nSPS) is 13.7. The van der Waals surface area contributed by atoms with Crippen molar-refractivity contribution in [3.05, 3.63) is 29.8 Å². The molecule has 18 heavy (non-hydrogen) atoms. The number of aliphatic hydroxyl groups excluding tert-OH is 1. The Labute approximate surface area is 101 Å². The van der Waals surface area contributed by atoms with Crippen LogP contribution in [0.5, 0.6) is 5.75 Å². The number of aliphatic hydroxyl groups is 1. The van der Waals surface area contributed by atoms with E-state index in [1.165, 1.54) is 18.2 Å². The highest BCUT2D eigenvalue weighted by atomic mass is 19.3. The van der Waals surface area contributed by atoms with Crippen molar-refractivity contribution in [1.82, 2.24) is 0 Å². The van der Waals surface area contributed by atoms with Gasteiger partial charge in [-0.1, -0.05) is 18.2 Å². The van der Waals surface area contributed by atoms with E-state index in [4.69, 9.17) is 10.8 Å². The van der Waals surface area contributed by atoms with Crippen LogP contribution in [0, 0.1) is 0 Å². The molecule has 0 aliphatic rings. The van der Waals surface area contributed by atoms with Gasteiger partial charge in [0.15, 0.2) is 0 Å². The molecule has 0 unspecified atom stereocenters. The van der Waals surface area contributed by atoms with Crippen molar-refractivity contribution in [3.63, 3.8) is 0 Å². The van der Waals surface area contributed by atoms with Gasteiger partial charge >= 0.3 is 12.5 Å². The average molecular weight is 267 g/mol. The van der Waals surface area contributed by atoms with E-state index in [1.807, 2.05) is 0 Å². The smallest absolute Gasteiger partial charge is 0.428 e. The van der Waals surface area contributed by atoms with Gasteiger partial charge < -0.3 is 15.6 Å². The highest BCUT2D eigenvalue weighted by Crippen LogP contribution is 2.32. The number of ether oxygens (including phenoxy) is 1. The summed E-state index contributed by atoms with van der Waals surface area (Å²) in [5.41, 5.74) is 5.77. The van der Waals surface area contributed by atoms with Crippen molar-refractivity contribution in [2.24, 2.45) is 5.73 Å². The number of benzene rings is 1. The van der Waals surface area contributed by atoms with Crippen LogP contribution in [0.1, 0.15) is 18.0 Å². The van der Waals surface area contributed by atoms with E-state index in [2.05, 4.69) is 4.74 Å². The molecule has 0 bridgehead atoms. The lowest BCUT2D eigenvalue weighted by Crippen LogP contribution is -2.34. The topological polar surface area (TPSA) is 55.5 Å². The van der Waals surface area contributed by atoms with Gasteiger partial charge in [0.05, 0.1) is 0 Å². The largest absolute Gasteiger partial charge is 0.461 e. The highest BCUT2D eigenvalue weighted by molar-refractivity contribution is 5.36. The Morgan fingerprint density at radius 2 is 1.89 bits per heavy atom. The fourth-order valence-electron chi connectivity index (χ4n) is 1.37. The molecule has 1 aromatic carbocycles. The van der Waals surface area contributed by atoms with Gasteiger partial charge in [-0.2, -0.15) is 17.6 Å². The van der Waals surface area contributed by atoms with Gasteiger partial charge in [-0.15, -0.1) is 0 Å². The third-order valence-electron chi connectivity index (χ3n) is 2.26. The summed E-state index contributed by atoms with van der Waals surface area (Å²) in [6, 6.07) is 4.63. The lowest BCUT2D eigenvalue weighted by Gasteiger charge is -2.21. The maximum Gasteiger partial charge on any atom is 0.461 e. The first-order valence-corrected chi connectivity index (χ1v) is 5.19. The number of para-hydroxylation sites is 1. The Hall–Kier alpha value is -1.34. The number of hydrogen-bond donors (Lipinski definition) is 2. The minimum Gasteiger partial charge on any atom is -0.428 e. The first-order valence-electron chi connectivity index (χ1n) is 5.19. The van der Waals surface area contributed by atoms with Gasteiger partial charge in [-0.05, 0) is 12.5 Å². The van der Waals surface area contributed by atoms with Gasteiger partial charge in [-0.3, -0.25) is 0 Å². The molecule has 1 atom stereocenters. The van der Waals surface area contributed by atoms with Crippen LogP contribution >= 0.6 is 0 Å². The van der Waals surface area contributed by atoms with Gasteiger partial charge in [-0.25, -0.2) is 0 Å². The maximum atomic E-state index is 12.8. The third-order valence-corrected chi connectivity index (χ3v) is 2.26. The first kappa shape index (κ1) is 14.7. The molecule has 0 radical (unpaired) electrons. The van der Waals surface area contributed by atoms with Crippen molar-refractivity contribution in [2.75, 3.05) is 6.61 Å². The molecule has 0 aliphatic heterocycles. The molecule has 0 saturated carbocycles. The van der Waals surface area contributed by atoms with Crippen LogP contribution in [0.2, 0.25) is 0 Å². The maximum absolute atomic E-state index is 12.8. The molecular formula is C11H13F4NO2. The lowest BCUT2D eigenvalue weighted by molar-refractivity contribution is -0.253. The second-order valence-electron chi connectivity index (χ2n) is 3.62. The van der Waals surface area contributed by atoms with Crippen LogP contribution in [0.25, 0.3) is 0 Å². The van der Waals surface area contributed by atoms with Crippen molar-refractivity contribution in [3.8, 4) is 5.75 Å². The van der Waals surface area contributed by atoms with Crippen LogP contribution in [-0.4, -0.2) is 24.2 Å². The molecule has 0 aromatic heterocycles. The van der Waals surface area contributed by atoms with Crippen molar-refractivity contribution in [2.45, 2.75) is 25.0 Å². The van der Waals surface area contributed by atoms with Crippen LogP contribution in [0.15, 0.2) is 24.3 Å². The van der Waals surface area contributed by atoms with E-state index in [1.54, 1.807) is 0 Å². The zero-order chi connectivity index (χ0) is 13.8. The molecule has 1 rings (SSSR count). The van der Waals surface area contributed by atoms with E-state index < -0.39 is 24.3 Å². The first-order chi connectivity index (χ1) is 8.38. The fraction of sp³-hybridized carbons (Fsp3) is 0.455. The van der Waals surface area contributed by atoms with E-state index >= 15 is 0 Å². The number of hydrogen-bond acceptors (Lipinski definition) is 3. The summed E-state index contributed by atoms with van der Waals surface area (Å²) < 4.78 is 53.7. The number of nitrogens with two attached hydrogens (primary N) is 1. The molecule has 0 saturated heterocycles. The Morgan fingerprint density at radius 3 is 2.44 bits per heavy atom. The zero-order valence-electron chi connectivity index (χ0n) is 9.32. The van der Waals surface area contributed by atoms with Crippen molar-refractivity contribution in [1.29, 1.82) is 0 Å². The summed E-state index contributed by atoms with van der Waals surface area (Å²) >= 11 is 0. The number of rotatable bonds is 6. The van der Waals surface area contributed by atoms with Crippen LogP contribution in [-0.2, 0) is 0 Å². The average Bonchev–Trinajstić information content (AvgIpc) is 2.29. The van der Waals surface area contributed by atoms with Crippen LogP contribution in [0.3, 0.4) is 0 Å². The fourth-order valence-corrected chi connectivity index (χ4v) is 1.37. The van der Waals surface area contributed by atoms with E-state index in [-0.39, 0.29) is 18.6 Å². The quantitative estimate of drug-likeness (QED) is 0.778. The SMILES string of the molecule is N[C@H](CCO)c1ccccc1OC(F)(F)C(F)F.